The first-order valence-corrected chi connectivity index (χ1v) is 8.81. The van der Waals surface area contributed by atoms with E-state index in [9.17, 15) is 14.7 Å². The monoisotopic (exact) mass is 392 g/mol. The Bertz CT molecular complexity index is 1150. The highest BCUT2D eigenvalue weighted by molar-refractivity contribution is 5.90. The number of fused-ring (bicyclic) bond motifs is 1. The van der Waals surface area contributed by atoms with Crippen LogP contribution in [0, 0.1) is 0 Å². The molecule has 1 unspecified atom stereocenters. The maximum atomic E-state index is 12.5. The van der Waals surface area contributed by atoms with Gasteiger partial charge in [0, 0.05) is 17.0 Å². The van der Waals surface area contributed by atoms with Crippen LogP contribution < -0.4 is 15.1 Å². The summed E-state index contributed by atoms with van der Waals surface area (Å²) in [6, 6.07) is 13.2. The summed E-state index contributed by atoms with van der Waals surface area (Å²) in [6.45, 7) is 10.4. The van der Waals surface area contributed by atoms with Gasteiger partial charge in [-0.3, -0.25) is 0 Å². The van der Waals surface area contributed by atoms with Crippen LogP contribution in [0.2, 0.25) is 0 Å². The van der Waals surface area contributed by atoms with Crippen LogP contribution in [0.15, 0.2) is 82.0 Å². The Morgan fingerprint density at radius 1 is 1.03 bits per heavy atom. The molecule has 0 amide bonds. The van der Waals surface area contributed by atoms with E-state index >= 15 is 0 Å². The predicted octanol–water partition coefficient (Wildman–Crippen LogP) is 4.21. The molecule has 2 aromatic carbocycles. The van der Waals surface area contributed by atoms with Crippen molar-refractivity contribution in [1.29, 1.82) is 0 Å². The Balaban J connectivity index is 1.89. The Kier molecular flexibility index (Phi) is 5.66. The summed E-state index contributed by atoms with van der Waals surface area (Å²) >= 11 is 0. The Labute approximate surface area is 167 Å². The zero-order valence-corrected chi connectivity index (χ0v) is 16.1. The third-order valence-electron chi connectivity index (χ3n) is 4.10. The third kappa shape index (κ3) is 4.62. The van der Waals surface area contributed by atoms with Crippen molar-refractivity contribution in [3.63, 3.8) is 0 Å². The van der Waals surface area contributed by atoms with Gasteiger partial charge in [0.05, 0.1) is 5.56 Å². The molecular weight excluding hydrogens is 372 g/mol. The molecule has 0 bridgehead atoms. The number of aliphatic hydroxyl groups is 1. The molecule has 1 aromatic heterocycles. The van der Waals surface area contributed by atoms with Gasteiger partial charge in [0.15, 0.2) is 0 Å². The van der Waals surface area contributed by atoms with Crippen LogP contribution in [-0.2, 0) is 4.79 Å². The lowest BCUT2D eigenvalue weighted by Gasteiger charge is -2.13. The zero-order chi connectivity index (χ0) is 21.1. The van der Waals surface area contributed by atoms with Crippen LogP contribution in [-0.4, -0.2) is 17.4 Å². The van der Waals surface area contributed by atoms with Crippen molar-refractivity contribution in [3.05, 3.63) is 83.3 Å². The van der Waals surface area contributed by atoms with E-state index < -0.39 is 17.9 Å². The van der Waals surface area contributed by atoms with E-state index in [0.717, 1.165) is 0 Å². The number of ether oxygens (including phenoxy) is 2. The van der Waals surface area contributed by atoms with E-state index in [1.165, 1.54) is 6.07 Å². The molecule has 0 radical (unpaired) electrons. The second kappa shape index (κ2) is 8.16. The van der Waals surface area contributed by atoms with Gasteiger partial charge in [-0.1, -0.05) is 25.3 Å². The number of hydrogen-bond donors (Lipinski definition) is 1. The average molecular weight is 392 g/mol. The fraction of sp³-hybridized carbons (Fsp3) is 0.130. The molecule has 3 rings (SSSR count). The molecule has 1 atom stereocenters. The van der Waals surface area contributed by atoms with Gasteiger partial charge in [-0.2, -0.15) is 0 Å². The maximum absolute atomic E-state index is 12.5. The minimum absolute atomic E-state index is 0.263. The van der Waals surface area contributed by atoms with E-state index in [2.05, 4.69) is 13.2 Å². The van der Waals surface area contributed by atoms with Crippen LogP contribution in [0.1, 0.15) is 13.8 Å². The lowest BCUT2D eigenvalue weighted by Crippen LogP contribution is -2.15. The number of benzene rings is 2. The van der Waals surface area contributed by atoms with E-state index in [1.807, 2.05) is 0 Å². The highest BCUT2D eigenvalue weighted by Crippen LogP contribution is 2.26. The predicted molar refractivity (Wildman–Crippen MR) is 110 cm³/mol. The summed E-state index contributed by atoms with van der Waals surface area (Å²) in [5, 5.41) is 10.4. The van der Waals surface area contributed by atoms with Crippen molar-refractivity contribution in [2.45, 2.75) is 20.1 Å². The molecule has 29 heavy (non-hydrogen) atoms. The Hall–Kier alpha value is -3.64. The first kappa shape index (κ1) is 20.1. The Morgan fingerprint density at radius 3 is 2.31 bits per heavy atom. The molecular formula is C23H20O6. The first-order chi connectivity index (χ1) is 13.7. The minimum atomic E-state index is -1.10. The van der Waals surface area contributed by atoms with E-state index in [4.69, 9.17) is 13.9 Å². The highest BCUT2D eigenvalue weighted by Gasteiger charge is 2.12. The molecule has 1 heterocycles. The number of carbonyl (C=O) groups excluding carboxylic acids is 1. The van der Waals surface area contributed by atoms with Crippen LogP contribution in [0.25, 0.3) is 22.1 Å². The van der Waals surface area contributed by atoms with E-state index in [-0.39, 0.29) is 11.3 Å². The lowest BCUT2D eigenvalue weighted by molar-refractivity contribution is -0.130. The molecule has 3 aromatic rings. The van der Waals surface area contributed by atoms with Crippen LogP contribution >= 0.6 is 0 Å². The van der Waals surface area contributed by atoms with Crippen molar-refractivity contribution in [2.24, 2.45) is 0 Å². The SMILES string of the molecule is C=C(C)C(=O)Oc1ccc2cc(-c3ccc(OC(O)C(=C)C)cc3)c(=O)oc2c1. The fourth-order valence-electron chi connectivity index (χ4n) is 2.49. The summed E-state index contributed by atoms with van der Waals surface area (Å²) in [6.07, 6.45) is -1.10. The van der Waals surface area contributed by atoms with E-state index in [0.29, 0.717) is 33.4 Å². The number of aliphatic hydroxyl groups excluding tert-OH is 1. The molecule has 6 heteroatoms. The molecule has 0 aliphatic heterocycles. The molecule has 6 nitrogen and oxygen atoms in total. The van der Waals surface area contributed by atoms with Crippen molar-refractivity contribution in [1.82, 2.24) is 0 Å². The molecule has 1 N–H and O–H groups in total. The largest absolute Gasteiger partial charge is 0.461 e. The first-order valence-electron chi connectivity index (χ1n) is 8.81. The van der Waals surface area contributed by atoms with E-state index in [1.54, 1.807) is 56.3 Å². The standard InChI is InChI=1S/C23H20O6/c1-13(2)21(24)27-17-8-5-15(6-9-17)19-11-16-7-10-18(28-22(25)14(3)4)12-20(16)29-23(19)26/h5-12,21,24H,1,3H2,2,4H3. The summed E-state index contributed by atoms with van der Waals surface area (Å²) in [5.41, 5.74) is 1.53. The second-order valence-electron chi connectivity index (χ2n) is 6.66. The van der Waals surface area contributed by atoms with Gasteiger partial charge in [-0.15, -0.1) is 0 Å². The summed E-state index contributed by atoms with van der Waals surface area (Å²) < 4.78 is 15.9. The average Bonchev–Trinajstić information content (AvgIpc) is 2.68. The quantitative estimate of drug-likeness (QED) is 0.169. The van der Waals surface area contributed by atoms with Gasteiger partial charge >= 0.3 is 11.6 Å². The summed E-state index contributed by atoms with van der Waals surface area (Å²) in [5.74, 6) is 0.153. The summed E-state index contributed by atoms with van der Waals surface area (Å²) in [4.78, 5) is 24.1. The second-order valence-corrected chi connectivity index (χ2v) is 6.66. The number of rotatable bonds is 6. The van der Waals surface area contributed by atoms with Crippen molar-refractivity contribution in [3.8, 4) is 22.6 Å². The smallest absolute Gasteiger partial charge is 0.344 e. The van der Waals surface area contributed by atoms with Crippen LogP contribution in [0.4, 0.5) is 0 Å². The molecule has 0 spiro atoms. The zero-order valence-electron chi connectivity index (χ0n) is 16.1. The lowest BCUT2D eigenvalue weighted by atomic mass is 10.1. The molecule has 0 aliphatic carbocycles. The number of esters is 1. The molecule has 0 aliphatic rings. The fourth-order valence-corrected chi connectivity index (χ4v) is 2.49. The number of carbonyl (C=O) groups is 1. The highest BCUT2D eigenvalue weighted by atomic mass is 16.6. The molecule has 148 valence electrons. The topological polar surface area (TPSA) is 86.0 Å². The normalized spacial score (nSPS) is 11.7. The van der Waals surface area contributed by atoms with Crippen LogP contribution in [0.5, 0.6) is 11.5 Å². The van der Waals surface area contributed by atoms with Crippen LogP contribution in [0.3, 0.4) is 0 Å². The van der Waals surface area contributed by atoms with Gasteiger partial charge in [-0.05, 0) is 55.3 Å². The number of hydrogen-bond acceptors (Lipinski definition) is 6. The molecule has 0 saturated heterocycles. The Morgan fingerprint density at radius 2 is 1.69 bits per heavy atom. The minimum Gasteiger partial charge on any atom is -0.461 e. The van der Waals surface area contributed by atoms with Gasteiger partial charge in [-0.25, -0.2) is 9.59 Å². The van der Waals surface area contributed by atoms with Crippen molar-refractivity contribution >= 4 is 16.9 Å². The summed E-state index contributed by atoms with van der Waals surface area (Å²) in [7, 11) is 0. The van der Waals surface area contributed by atoms with Gasteiger partial charge in [0.1, 0.15) is 17.1 Å². The van der Waals surface area contributed by atoms with Gasteiger partial charge in [0.2, 0.25) is 6.29 Å². The van der Waals surface area contributed by atoms with Gasteiger partial charge in [0.25, 0.3) is 0 Å². The molecule has 0 saturated carbocycles. The van der Waals surface area contributed by atoms with Crippen molar-refractivity contribution < 1.29 is 23.8 Å². The third-order valence-corrected chi connectivity index (χ3v) is 4.10. The van der Waals surface area contributed by atoms with Crippen molar-refractivity contribution in [2.75, 3.05) is 0 Å². The maximum Gasteiger partial charge on any atom is 0.344 e. The van der Waals surface area contributed by atoms with Gasteiger partial charge < -0.3 is 19.0 Å². The molecule has 0 fully saturated rings.